The Labute approximate surface area is 175 Å². The zero-order valence-corrected chi connectivity index (χ0v) is 16.9. The van der Waals surface area contributed by atoms with E-state index in [0.29, 0.717) is 16.9 Å². The molecule has 1 amide bonds. The van der Waals surface area contributed by atoms with Crippen LogP contribution in [0.25, 0.3) is 11.3 Å². The van der Waals surface area contributed by atoms with Crippen LogP contribution in [0, 0.1) is 0 Å². The number of hydrogen-bond donors (Lipinski definition) is 4. The molecule has 0 bridgehead atoms. The maximum Gasteiger partial charge on any atom is 0.273 e. The number of rotatable bonds is 6. The summed E-state index contributed by atoms with van der Waals surface area (Å²) in [5.41, 5.74) is 1.52. The topological polar surface area (TPSA) is 137 Å². The minimum Gasteiger partial charge on any atom is -0.507 e. The molecule has 11 heteroatoms. The van der Waals surface area contributed by atoms with Crippen molar-refractivity contribution in [2.75, 3.05) is 10.0 Å². The maximum atomic E-state index is 12.5. The standard InChI is InChI=1S/C19H15N5O4S2/c25-17-4-2-1-3-14(17)15-11-16(23-22-15)18(26)21-12-5-7-13(8-6-12)30(27,28)24-19-20-9-10-29-19/h1-11,25H,(H,20,24)(H,21,26)(H,22,23). The van der Waals surface area contributed by atoms with Gasteiger partial charge in [-0.3, -0.25) is 14.6 Å². The second kappa shape index (κ2) is 7.97. The van der Waals surface area contributed by atoms with Crippen LogP contribution in [-0.4, -0.2) is 34.6 Å². The van der Waals surface area contributed by atoms with Gasteiger partial charge in [-0.2, -0.15) is 5.10 Å². The number of carbonyl (C=O) groups excluding carboxylic acids is 1. The predicted molar refractivity (Wildman–Crippen MR) is 113 cm³/mol. The van der Waals surface area contributed by atoms with E-state index in [-0.39, 0.29) is 21.5 Å². The summed E-state index contributed by atoms with van der Waals surface area (Å²) in [5.74, 6) is -0.403. The molecule has 0 unspecified atom stereocenters. The van der Waals surface area contributed by atoms with Gasteiger partial charge in [0.1, 0.15) is 11.4 Å². The van der Waals surface area contributed by atoms with Gasteiger partial charge in [0, 0.05) is 22.8 Å². The van der Waals surface area contributed by atoms with Crippen molar-refractivity contribution in [3.63, 3.8) is 0 Å². The molecule has 9 nitrogen and oxygen atoms in total. The summed E-state index contributed by atoms with van der Waals surface area (Å²) >= 11 is 1.17. The second-order valence-corrected chi connectivity index (χ2v) is 8.68. The molecule has 4 aromatic rings. The van der Waals surface area contributed by atoms with Gasteiger partial charge in [-0.1, -0.05) is 12.1 Å². The second-order valence-electron chi connectivity index (χ2n) is 6.11. The molecule has 0 atom stereocenters. The lowest BCUT2D eigenvalue weighted by molar-refractivity contribution is 0.102. The van der Waals surface area contributed by atoms with Crippen molar-refractivity contribution in [2.24, 2.45) is 0 Å². The maximum absolute atomic E-state index is 12.5. The first-order chi connectivity index (χ1) is 14.4. The zero-order chi connectivity index (χ0) is 21.1. The summed E-state index contributed by atoms with van der Waals surface area (Å²) < 4.78 is 27.1. The van der Waals surface area contributed by atoms with E-state index in [9.17, 15) is 18.3 Å². The first-order valence-electron chi connectivity index (χ1n) is 8.60. The SMILES string of the molecule is O=C(Nc1ccc(S(=O)(=O)Nc2nccs2)cc1)c1cc(-c2ccccc2O)n[nH]1. The largest absolute Gasteiger partial charge is 0.507 e. The van der Waals surface area contributed by atoms with Crippen molar-refractivity contribution < 1.29 is 18.3 Å². The summed E-state index contributed by atoms with van der Waals surface area (Å²) in [6, 6.07) is 13.9. The number of benzene rings is 2. The molecule has 152 valence electrons. The molecule has 2 aromatic heterocycles. The lowest BCUT2D eigenvalue weighted by Crippen LogP contribution is -2.14. The van der Waals surface area contributed by atoms with Gasteiger partial charge in [0.25, 0.3) is 15.9 Å². The Hall–Kier alpha value is -3.70. The van der Waals surface area contributed by atoms with Crippen molar-refractivity contribution in [2.45, 2.75) is 4.90 Å². The third-order valence-corrected chi connectivity index (χ3v) is 6.25. The van der Waals surface area contributed by atoms with Gasteiger partial charge in [0.05, 0.1) is 10.6 Å². The van der Waals surface area contributed by atoms with Gasteiger partial charge >= 0.3 is 0 Å². The highest BCUT2D eigenvalue weighted by Crippen LogP contribution is 2.27. The number of aromatic amines is 1. The molecule has 30 heavy (non-hydrogen) atoms. The molecule has 0 fully saturated rings. The number of nitrogens with one attached hydrogen (secondary N) is 3. The zero-order valence-electron chi connectivity index (χ0n) is 15.2. The number of phenols is 1. The monoisotopic (exact) mass is 441 g/mol. The summed E-state index contributed by atoms with van der Waals surface area (Å²) in [6.07, 6.45) is 1.50. The number of hydrogen-bond acceptors (Lipinski definition) is 7. The smallest absolute Gasteiger partial charge is 0.273 e. The highest BCUT2D eigenvalue weighted by molar-refractivity contribution is 7.93. The van der Waals surface area contributed by atoms with E-state index in [2.05, 4.69) is 25.2 Å². The number of nitrogens with zero attached hydrogens (tertiary/aromatic N) is 2. The summed E-state index contributed by atoms with van der Waals surface area (Å²) in [6.45, 7) is 0. The van der Waals surface area contributed by atoms with E-state index in [1.807, 2.05) is 0 Å². The number of aromatic hydroxyl groups is 1. The Kier molecular flexibility index (Phi) is 5.21. The highest BCUT2D eigenvalue weighted by atomic mass is 32.2. The lowest BCUT2D eigenvalue weighted by atomic mass is 10.1. The molecule has 0 spiro atoms. The highest BCUT2D eigenvalue weighted by Gasteiger charge is 2.17. The molecule has 0 aliphatic heterocycles. The van der Waals surface area contributed by atoms with E-state index in [1.54, 1.807) is 23.6 Å². The Morgan fingerprint density at radius 3 is 2.57 bits per heavy atom. The van der Waals surface area contributed by atoms with Crippen LogP contribution in [0.2, 0.25) is 0 Å². The van der Waals surface area contributed by atoms with Gasteiger partial charge in [-0.15, -0.1) is 11.3 Å². The van der Waals surface area contributed by atoms with Gasteiger partial charge < -0.3 is 10.4 Å². The summed E-state index contributed by atoms with van der Waals surface area (Å²) in [7, 11) is -3.77. The average Bonchev–Trinajstić information content (AvgIpc) is 3.41. The number of thiazole rings is 1. The van der Waals surface area contributed by atoms with Crippen LogP contribution >= 0.6 is 11.3 Å². The number of carbonyl (C=O) groups is 1. The van der Waals surface area contributed by atoms with Crippen LogP contribution < -0.4 is 10.0 Å². The number of anilines is 2. The van der Waals surface area contributed by atoms with Crippen LogP contribution in [0.3, 0.4) is 0 Å². The van der Waals surface area contributed by atoms with Crippen LogP contribution in [0.5, 0.6) is 5.75 Å². The van der Waals surface area contributed by atoms with E-state index in [0.717, 1.165) is 0 Å². The number of phenolic OH excluding ortho intramolecular Hbond substituents is 1. The third-order valence-electron chi connectivity index (χ3n) is 4.08. The number of amides is 1. The molecule has 0 aliphatic carbocycles. The molecule has 0 saturated carbocycles. The number of aromatic nitrogens is 3. The molecule has 2 aromatic carbocycles. The fraction of sp³-hybridized carbons (Fsp3) is 0. The van der Waals surface area contributed by atoms with E-state index in [1.165, 1.54) is 53.9 Å². The van der Waals surface area contributed by atoms with Gasteiger partial charge in [-0.05, 0) is 42.5 Å². The molecule has 0 aliphatic rings. The Morgan fingerprint density at radius 2 is 1.87 bits per heavy atom. The Bertz CT molecular complexity index is 1280. The summed E-state index contributed by atoms with van der Waals surface area (Å²) in [4.78, 5) is 16.4. The van der Waals surface area contributed by atoms with Crippen LogP contribution in [0.4, 0.5) is 10.8 Å². The summed E-state index contributed by atoms with van der Waals surface area (Å²) in [5, 5.41) is 21.2. The average molecular weight is 441 g/mol. The number of sulfonamides is 1. The van der Waals surface area contributed by atoms with Crippen molar-refractivity contribution in [3.8, 4) is 17.0 Å². The molecule has 4 rings (SSSR count). The van der Waals surface area contributed by atoms with Crippen LogP contribution in [0.15, 0.2) is 71.1 Å². The predicted octanol–water partition coefficient (Wildman–Crippen LogP) is 3.29. The molecular formula is C19H15N5O4S2. The van der Waals surface area contributed by atoms with Crippen molar-refractivity contribution >= 4 is 38.1 Å². The minimum absolute atomic E-state index is 0.0408. The first-order valence-corrected chi connectivity index (χ1v) is 11.0. The van der Waals surface area contributed by atoms with Crippen molar-refractivity contribution in [3.05, 3.63) is 71.9 Å². The van der Waals surface area contributed by atoms with Gasteiger partial charge in [0.15, 0.2) is 5.13 Å². The number of H-pyrrole nitrogens is 1. The minimum atomic E-state index is -3.77. The fourth-order valence-corrected chi connectivity index (χ4v) is 4.42. The lowest BCUT2D eigenvalue weighted by Gasteiger charge is -2.07. The van der Waals surface area contributed by atoms with Gasteiger partial charge in [0.2, 0.25) is 0 Å². The number of para-hydroxylation sites is 1. The molecule has 4 N–H and O–H groups in total. The van der Waals surface area contributed by atoms with Crippen molar-refractivity contribution in [1.82, 2.24) is 15.2 Å². The van der Waals surface area contributed by atoms with Crippen LogP contribution in [0.1, 0.15) is 10.5 Å². The fourth-order valence-electron chi connectivity index (χ4n) is 2.63. The quantitative estimate of drug-likeness (QED) is 0.362. The van der Waals surface area contributed by atoms with Crippen LogP contribution in [-0.2, 0) is 10.0 Å². The Morgan fingerprint density at radius 1 is 1.10 bits per heavy atom. The molecule has 0 radical (unpaired) electrons. The normalized spacial score (nSPS) is 11.2. The van der Waals surface area contributed by atoms with Gasteiger partial charge in [-0.25, -0.2) is 13.4 Å². The third kappa shape index (κ3) is 4.16. The Balaban J connectivity index is 1.46. The van der Waals surface area contributed by atoms with Crippen molar-refractivity contribution in [1.29, 1.82) is 0 Å². The molecule has 0 saturated heterocycles. The molecule has 2 heterocycles. The first kappa shape index (κ1) is 19.6. The van der Waals surface area contributed by atoms with E-state index >= 15 is 0 Å². The van der Waals surface area contributed by atoms with E-state index in [4.69, 9.17) is 0 Å². The molecular weight excluding hydrogens is 426 g/mol. The van der Waals surface area contributed by atoms with E-state index < -0.39 is 15.9 Å².